The van der Waals surface area contributed by atoms with Crippen molar-refractivity contribution in [3.05, 3.63) is 67.0 Å². The fourth-order valence-corrected chi connectivity index (χ4v) is 2.16. The molecule has 0 saturated heterocycles. The number of tetrazole rings is 1. The predicted octanol–water partition coefficient (Wildman–Crippen LogP) is 0.890. The molecule has 1 aromatic carbocycles. The van der Waals surface area contributed by atoms with Gasteiger partial charge < -0.3 is 5.32 Å². The molecule has 0 unspecified atom stereocenters. The van der Waals surface area contributed by atoms with E-state index in [2.05, 4.69) is 35.9 Å². The van der Waals surface area contributed by atoms with Gasteiger partial charge >= 0.3 is 0 Å². The predicted molar refractivity (Wildman–Crippen MR) is 86.3 cm³/mol. The van der Waals surface area contributed by atoms with Crippen molar-refractivity contribution in [3.63, 3.8) is 0 Å². The van der Waals surface area contributed by atoms with E-state index in [1.165, 1.54) is 28.1 Å². The Bertz CT molecular complexity index is 978. The lowest BCUT2D eigenvalue weighted by atomic mass is 10.2. The summed E-state index contributed by atoms with van der Waals surface area (Å²) in [6.45, 7) is 0. The lowest BCUT2D eigenvalue weighted by Gasteiger charge is -2.07. The Morgan fingerprint density at radius 2 is 1.96 bits per heavy atom. The summed E-state index contributed by atoms with van der Waals surface area (Å²) in [6, 6.07) is 8.71. The van der Waals surface area contributed by atoms with Crippen LogP contribution in [0.1, 0.15) is 10.4 Å². The van der Waals surface area contributed by atoms with E-state index in [0.717, 1.165) is 0 Å². The Labute approximate surface area is 141 Å². The zero-order valence-electron chi connectivity index (χ0n) is 12.8. The molecular weight excluding hydrogens is 322 g/mol. The van der Waals surface area contributed by atoms with Crippen molar-refractivity contribution in [2.45, 2.75) is 0 Å². The van der Waals surface area contributed by atoms with E-state index in [0.29, 0.717) is 22.9 Å². The van der Waals surface area contributed by atoms with Crippen molar-refractivity contribution >= 4 is 11.6 Å². The zero-order valence-corrected chi connectivity index (χ0v) is 12.8. The highest BCUT2D eigenvalue weighted by Gasteiger charge is 2.09. The standard InChI is InChI=1S/C15H11N9O/c25-14(11-3-1-4-13(7-11)24-10-18-21-22-24)20-12-8-16-15(17-9-12)23-6-2-5-19-23/h1-10H,(H,20,25). The van der Waals surface area contributed by atoms with E-state index >= 15 is 0 Å². The lowest BCUT2D eigenvalue weighted by molar-refractivity contribution is 0.102. The van der Waals surface area contributed by atoms with Crippen LogP contribution in [0.5, 0.6) is 0 Å². The maximum absolute atomic E-state index is 12.4. The summed E-state index contributed by atoms with van der Waals surface area (Å²) in [4.78, 5) is 20.7. The molecule has 0 spiro atoms. The highest BCUT2D eigenvalue weighted by Crippen LogP contribution is 2.12. The molecule has 3 heterocycles. The third-order valence-corrected chi connectivity index (χ3v) is 3.33. The SMILES string of the molecule is O=C(Nc1cnc(-n2cccn2)nc1)c1cccc(-n2cnnn2)c1. The number of benzene rings is 1. The van der Waals surface area contributed by atoms with Gasteiger partial charge in [0, 0.05) is 18.0 Å². The van der Waals surface area contributed by atoms with Crippen LogP contribution in [0, 0.1) is 0 Å². The summed E-state index contributed by atoms with van der Waals surface area (Å²) in [5.74, 6) is 0.133. The van der Waals surface area contributed by atoms with Gasteiger partial charge in [0.05, 0.1) is 23.8 Å². The smallest absolute Gasteiger partial charge is 0.255 e. The minimum absolute atomic E-state index is 0.287. The van der Waals surface area contributed by atoms with Crippen LogP contribution in [0.15, 0.2) is 61.4 Å². The number of aromatic nitrogens is 8. The molecule has 25 heavy (non-hydrogen) atoms. The third kappa shape index (κ3) is 3.08. The third-order valence-electron chi connectivity index (χ3n) is 3.33. The number of nitrogens with one attached hydrogen (secondary N) is 1. The molecule has 3 aromatic heterocycles. The summed E-state index contributed by atoms with van der Waals surface area (Å²) in [6.07, 6.45) is 7.87. The van der Waals surface area contributed by atoms with Crippen LogP contribution in [-0.2, 0) is 0 Å². The van der Waals surface area contributed by atoms with Gasteiger partial charge in [-0.25, -0.2) is 19.3 Å². The first-order chi connectivity index (χ1) is 12.3. The maximum Gasteiger partial charge on any atom is 0.255 e. The Hall–Kier alpha value is -3.95. The van der Waals surface area contributed by atoms with Crippen LogP contribution in [0.4, 0.5) is 5.69 Å². The summed E-state index contributed by atoms with van der Waals surface area (Å²) in [5.41, 5.74) is 1.63. The van der Waals surface area contributed by atoms with Crippen LogP contribution in [0.3, 0.4) is 0 Å². The number of hydrogen-bond donors (Lipinski definition) is 1. The van der Waals surface area contributed by atoms with Gasteiger partial charge in [0.25, 0.3) is 11.9 Å². The molecule has 0 aliphatic carbocycles. The first-order valence-corrected chi connectivity index (χ1v) is 7.26. The van der Waals surface area contributed by atoms with Crippen molar-refractivity contribution in [2.75, 3.05) is 5.32 Å². The maximum atomic E-state index is 12.4. The van der Waals surface area contributed by atoms with Crippen molar-refractivity contribution in [1.82, 2.24) is 40.0 Å². The number of hydrogen-bond acceptors (Lipinski definition) is 7. The monoisotopic (exact) mass is 333 g/mol. The Balaban J connectivity index is 1.51. The van der Waals surface area contributed by atoms with E-state index in [1.54, 1.807) is 42.7 Å². The average molecular weight is 333 g/mol. The topological polar surface area (TPSA) is 116 Å². The van der Waals surface area contributed by atoms with Crippen LogP contribution >= 0.6 is 0 Å². The minimum Gasteiger partial charge on any atom is -0.319 e. The molecule has 4 aromatic rings. The van der Waals surface area contributed by atoms with Gasteiger partial charge in [0.15, 0.2) is 0 Å². The first kappa shape index (κ1) is 14.6. The van der Waals surface area contributed by atoms with Gasteiger partial charge in [-0.1, -0.05) is 6.07 Å². The molecule has 1 amide bonds. The highest BCUT2D eigenvalue weighted by atomic mass is 16.1. The van der Waals surface area contributed by atoms with Crippen LogP contribution in [-0.4, -0.2) is 45.9 Å². The summed E-state index contributed by atoms with van der Waals surface area (Å²) in [5, 5.41) is 17.8. The number of rotatable bonds is 4. The molecule has 0 aliphatic heterocycles. The van der Waals surface area contributed by atoms with Gasteiger partial charge in [-0.05, 0) is 34.7 Å². The van der Waals surface area contributed by atoms with Crippen molar-refractivity contribution in [1.29, 1.82) is 0 Å². The molecule has 0 atom stereocenters. The number of amides is 1. The molecule has 0 radical (unpaired) electrons. The van der Waals surface area contributed by atoms with Crippen LogP contribution in [0.2, 0.25) is 0 Å². The molecule has 122 valence electrons. The molecule has 0 fully saturated rings. The molecule has 10 heteroatoms. The largest absolute Gasteiger partial charge is 0.319 e. The Morgan fingerprint density at radius 1 is 1.08 bits per heavy atom. The van der Waals surface area contributed by atoms with E-state index in [4.69, 9.17) is 0 Å². The Morgan fingerprint density at radius 3 is 2.68 bits per heavy atom. The molecule has 1 N–H and O–H groups in total. The summed E-state index contributed by atoms with van der Waals surface area (Å²) >= 11 is 0. The second-order valence-corrected chi connectivity index (χ2v) is 4.98. The van der Waals surface area contributed by atoms with Crippen molar-refractivity contribution in [3.8, 4) is 11.6 Å². The second kappa shape index (κ2) is 6.28. The highest BCUT2D eigenvalue weighted by molar-refractivity contribution is 6.04. The van der Waals surface area contributed by atoms with Crippen molar-refractivity contribution < 1.29 is 4.79 Å². The van der Waals surface area contributed by atoms with Crippen LogP contribution in [0.25, 0.3) is 11.6 Å². The molecule has 4 rings (SSSR count). The van der Waals surface area contributed by atoms with E-state index in [-0.39, 0.29) is 5.91 Å². The van der Waals surface area contributed by atoms with Gasteiger partial charge in [-0.15, -0.1) is 5.10 Å². The Kier molecular flexibility index (Phi) is 3.67. The fraction of sp³-hybridized carbons (Fsp3) is 0. The normalized spacial score (nSPS) is 10.6. The minimum atomic E-state index is -0.287. The summed E-state index contributed by atoms with van der Waals surface area (Å²) in [7, 11) is 0. The molecule has 10 nitrogen and oxygen atoms in total. The zero-order chi connectivity index (χ0) is 17.1. The summed E-state index contributed by atoms with van der Waals surface area (Å²) < 4.78 is 3.00. The van der Waals surface area contributed by atoms with Gasteiger partial charge in [-0.2, -0.15) is 5.10 Å². The number of carbonyl (C=O) groups is 1. The molecule has 0 saturated carbocycles. The fourth-order valence-electron chi connectivity index (χ4n) is 2.16. The van der Waals surface area contributed by atoms with E-state index in [1.807, 2.05) is 0 Å². The van der Waals surface area contributed by atoms with Gasteiger partial charge in [0.2, 0.25) is 0 Å². The van der Waals surface area contributed by atoms with Gasteiger partial charge in [-0.3, -0.25) is 4.79 Å². The first-order valence-electron chi connectivity index (χ1n) is 7.26. The van der Waals surface area contributed by atoms with E-state index in [9.17, 15) is 4.79 Å². The average Bonchev–Trinajstić information content (AvgIpc) is 3.36. The van der Waals surface area contributed by atoms with Gasteiger partial charge in [0.1, 0.15) is 6.33 Å². The van der Waals surface area contributed by atoms with Crippen LogP contribution < -0.4 is 5.32 Å². The quantitative estimate of drug-likeness (QED) is 0.589. The molecule has 0 aliphatic rings. The van der Waals surface area contributed by atoms with Crippen molar-refractivity contribution in [2.24, 2.45) is 0 Å². The number of carbonyl (C=O) groups excluding carboxylic acids is 1. The number of nitrogens with zero attached hydrogens (tertiary/aromatic N) is 8. The number of anilines is 1. The molecular formula is C15H11N9O. The van der Waals surface area contributed by atoms with E-state index < -0.39 is 0 Å². The molecule has 0 bridgehead atoms. The second-order valence-electron chi connectivity index (χ2n) is 4.98. The lowest BCUT2D eigenvalue weighted by Crippen LogP contribution is -2.13.